The minimum absolute atomic E-state index is 0.234. The normalized spacial score (nSPS) is 11.1. The SMILES string of the molecule is CCCCCCCCOc1ccc2c(OC)c(O)c(=O)n(CCCCCC)c2c1. The van der Waals surface area contributed by atoms with E-state index in [1.807, 2.05) is 18.2 Å². The van der Waals surface area contributed by atoms with Gasteiger partial charge in [0.2, 0.25) is 5.75 Å². The number of hydrogen-bond acceptors (Lipinski definition) is 4. The Morgan fingerprint density at radius 2 is 1.59 bits per heavy atom. The van der Waals surface area contributed by atoms with E-state index in [-0.39, 0.29) is 11.5 Å². The van der Waals surface area contributed by atoms with Gasteiger partial charge in [-0.2, -0.15) is 0 Å². The Labute approximate surface area is 174 Å². The molecule has 0 unspecified atom stereocenters. The van der Waals surface area contributed by atoms with Gasteiger partial charge in [0.15, 0.2) is 5.75 Å². The van der Waals surface area contributed by atoms with Gasteiger partial charge in [0, 0.05) is 18.0 Å². The molecule has 1 N–H and O–H groups in total. The Kier molecular flexibility index (Phi) is 9.89. The van der Waals surface area contributed by atoms with Crippen molar-refractivity contribution in [3.8, 4) is 17.2 Å². The molecule has 0 saturated carbocycles. The Morgan fingerprint density at radius 1 is 0.931 bits per heavy atom. The minimum atomic E-state index is -0.404. The van der Waals surface area contributed by atoms with Gasteiger partial charge in [-0.15, -0.1) is 0 Å². The highest BCUT2D eigenvalue weighted by Crippen LogP contribution is 2.33. The van der Waals surface area contributed by atoms with Gasteiger partial charge in [0.25, 0.3) is 5.56 Å². The second-order valence-electron chi connectivity index (χ2n) is 7.69. The third-order valence-corrected chi connectivity index (χ3v) is 5.37. The minimum Gasteiger partial charge on any atom is -0.500 e. The molecule has 1 aromatic heterocycles. The molecule has 0 radical (unpaired) electrons. The van der Waals surface area contributed by atoms with Crippen molar-refractivity contribution in [2.45, 2.75) is 84.6 Å². The fourth-order valence-electron chi connectivity index (χ4n) is 3.68. The van der Waals surface area contributed by atoms with Crippen molar-refractivity contribution in [1.82, 2.24) is 4.57 Å². The van der Waals surface area contributed by atoms with Crippen LogP contribution in [0.1, 0.15) is 78.1 Å². The van der Waals surface area contributed by atoms with Crippen LogP contribution in [0, 0.1) is 0 Å². The summed E-state index contributed by atoms with van der Waals surface area (Å²) in [5.74, 6) is 0.661. The van der Waals surface area contributed by atoms with Crippen LogP contribution in [-0.4, -0.2) is 23.4 Å². The van der Waals surface area contributed by atoms with Gasteiger partial charge >= 0.3 is 0 Å². The smallest absolute Gasteiger partial charge is 0.297 e. The maximum atomic E-state index is 12.7. The summed E-state index contributed by atoms with van der Waals surface area (Å²) in [7, 11) is 1.47. The average molecular weight is 404 g/mol. The largest absolute Gasteiger partial charge is 0.500 e. The molecule has 2 rings (SSSR count). The number of ether oxygens (including phenoxy) is 2. The first kappa shape index (κ1) is 23.1. The molecule has 0 saturated heterocycles. The Bertz CT molecular complexity index is 813. The lowest BCUT2D eigenvalue weighted by molar-refractivity contribution is 0.304. The fraction of sp³-hybridized carbons (Fsp3) is 0.625. The van der Waals surface area contributed by atoms with E-state index in [0.29, 0.717) is 13.2 Å². The van der Waals surface area contributed by atoms with Gasteiger partial charge in [-0.25, -0.2) is 0 Å². The molecule has 5 nitrogen and oxygen atoms in total. The van der Waals surface area contributed by atoms with Crippen LogP contribution in [0.3, 0.4) is 0 Å². The van der Waals surface area contributed by atoms with Crippen molar-refractivity contribution in [3.63, 3.8) is 0 Å². The molecular weight excluding hydrogens is 366 g/mol. The van der Waals surface area contributed by atoms with E-state index < -0.39 is 5.56 Å². The summed E-state index contributed by atoms with van der Waals surface area (Å²) < 4.78 is 12.9. The van der Waals surface area contributed by atoms with Gasteiger partial charge in [0.05, 0.1) is 19.2 Å². The number of pyridine rings is 1. The standard InChI is InChI=1S/C24H37NO4/c1-4-6-8-10-11-13-17-29-19-14-15-20-21(18-19)25(16-12-9-7-5-2)24(27)22(26)23(20)28-3/h14-15,18,26H,4-13,16-17H2,1-3H3. The first-order valence-electron chi connectivity index (χ1n) is 11.2. The van der Waals surface area contributed by atoms with Crippen molar-refractivity contribution in [1.29, 1.82) is 0 Å². The molecule has 0 fully saturated rings. The van der Waals surface area contributed by atoms with Gasteiger partial charge in [-0.3, -0.25) is 4.79 Å². The third-order valence-electron chi connectivity index (χ3n) is 5.37. The predicted octanol–water partition coefficient (Wildman–Crippen LogP) is 6.04. The number of rotatable bonds is 14. The number of aromatic nitrogens is 1. The van der Waals surface area contributed by atoms with E-state index in [2.05, 4.69) is 13.8 Å². The number of fused-ring (bicyclic) bond motifs is 1. The molecule has 0 spiro atoms. The first-order valence-corrected chi connectivity index (χ1v) is 11.2. The Balaban J connectivity index is 2.16. The highest BCUT2D eigenvalue weighted by molar-refractivity contribution is 5.88. The van der Waals surface area contributed by atoms with Gasteiger partial charge < -0.3 is 19.1 Å². The Morgan fingerprint density at radius 3 is 2.28 bits per heavy atom. The van der Waals surface area contributed by atoms with E-state index in [1.165, 1.54) is 39.2 Å². The lowest BCUT2D eigenvalue weighted by Crippen LogP contribution is -2.21. The topological polar surface area (TPSA) is 60.7 Å². The van der Waals surface area contributed by atoms with Gasteiger partial charge in [0.1, 0.15) is 5.75 Å². The number of unbranched alkanes of at least 4 members (excludes halogenated alkanes) is 8. The molecule has 1 heterocycles. The van der Waals surface area contributed by atoms with Crippen molar-refractivity contribution < 1.29 is 14.6 Å². The van der Waals surface area contributed by atoms with Crippen molar-refractivity contribution in [2.75, 3.05) is 13.7 Å². The van der Waals surface area contributed by atoms with E-state index in [9.17, 15) is 9.90 Å². The summed E-state index contributed by atoms with van der Waals surface area (Å²) in [6, 6.07) is 5.65. The molecule has 29 heavy (non-hydrogen) atoms. The van der Waals surface area contributed by atoms with Crippen molar-refractivity contribution in [3.05, 3.63) is 28.6 Å². The van der Waals surface area contributed by atoms with Crippen LogP contribution >= 0.6 is 0 Å². The third kappa shape index (κ3) is 6.41. The van der Waals surface area contributed by atoms with E-state index >= 15 is 0 Å². The van der Waals surface area contributed by atoms with Crippen LogP contribution in [0.25, 0.3) is 10.9 Å². The van der Waals surface area contributed by atoms with Crippen molar-refractivity contribution >= 4 is 10.9 Å². The molecule has 2 aromatic rings. The highest BCUT2D eigenvalue weighted by atomic mass is 16.5. The van der Waals surface area contributed by atoms with Crippen LogP contribution in [0.2, 0.25) is 0 Å². The molecular formula is C24H37NO4. The van der Waals surface area contributed by atoms with Crippen LogP contribution in [-0.2, 0) is 6.54 Å². The summed E-state index contributed by atoms with van der Waals surface area (Å²) in [6.07, 6.45) is 11.6. The fourth-order valence-corrected chi connectivity index (χ4v) is 3.68. The molecule has 5 heteroatoms. The number of aryl methyl sites for hydroxylation is 1. The summed E-state index contributed by atoms with van der Waals surface area (Å²) in [6.45, 7) is 5.64. The van der Waals surface area contributed by atoms with Crippen LogP contribution in [0.4, 0.5) is 0 Å². The summed E-state index contributed by atoms with van der Waals surface area (Å²) in [4.78, 5) is 12.7. The van der Waals surface area contributed by atoms with E-state index in [1.54, 1.807) is 4.57 Å². The zero-order valence-electron chi connectivity index (χ0n) is 18.3. The van der Waals surface area contributed by atoms with E-state index in [4.69, 9.17) is 9.47 Å². The van der Waals surface area contributed by atoms with Gasteiger partial charge in [-0.05, 0) is 25.0 Å². The summed E-state index contributed by atoms with van der Waals surface area (Å²) in [5.41, 5.74) is 0.348. The van der Waals surface area contributed by atoms with Crippen molar-refractivity contribution in [2.24, 2.45) is 0 Å². The lowest BCUT2D eigenvalue weighted by Gasteiger charge is -2.16. The zero-order chi connectivity index (χ0) is 21.1. The van der Waals surface area contributed by atoms with Crippen LogP contribution in [0.15, 0.2) is 23.0 Å². The monoisotopic (exact) mass is 403 g/mol. The number of methoxy groups -OCH3 is 1. The molecule has 1 aromatic carbocycles. The molecule has 0 amide bonds. The zero-order valence-corrected chi connectivity index (χ0v) is 18.3. The average Bonchev–Trinajstić information content (AvgIpc) is 2.73. The molecule has 0 aliphatic rings. The molecule has 0 aliphatic heterocycles. The first-order chi connectivity index (χ1) is 14.1. The van der Waals surface area contributed by atoms with Gasteiger partial charge in [-0.1, -0.05) is 65.2 Å². The van der Waals surface area contributed by atoms with Crippen LogP contribution in [0.5, 0.6) is 17.2 Å². The summed E-state index contributed by atoms with van der Waals surface area (Å²) >= 11 is 0. The predicted molar refractivity (Wildman–Crippen MR) is 119 cm³/mol. The molecule has 0 atom stereocenters. The molecule has 0 bridgehead atoms. The Hall–Kier alpha value is -2.17. The highest BCUT2D eigenvalue weighted by Gasteiger charge is 2.17. The lowest BCUT2D eigenvalue weighted by atomic mass is 10.1. The number of hydrogen-bond donors (Lipinski definition) is 1. The maximum absolute atomic E-state index is 12.7. The second kappa shape index (κ2) is 12.4. The summed E-state index contributed by atoms with van der Waals surface area (Å²) in [5, 5.41) is 11.0. The number of benzene rings is 1. The molecule has 0 aliphatic carbocycles. The second-order valence-corrected chi connectivity index (χ2v) is 7.69. The molecule has 162 valence electrons. The number of aromatic hydroxyl groups is 1. The maximum Gasteiger partial charge on any atom is 0.297 e. The number of nitrogens with zero attached hydrogens (tertiary/aromatic N) is 1. The van der Waals surface area contributed by atoms with E-state index in [0.717, 1.165) is 48.8 Å². The van der Waals surface area contributed by atoms with Crippen LogP contribution < -0.4 is 15.0 Å². The quantitative estimate of drug-likeness (QED) is 0.391.